The van der Waals surface area contributed by atoms with E-state index in [0.29, 0.717) is 28.5 Å². The number of aromatic nitrogens is 1. The van der Waals surface area contributed by atoms with E-state index in [1.807, 2.05) is 6.07 Å². The van der Waals surface area contributed by atoms with Gasteiger partial charge in [0.05, 0.1) is 6.61 Å². The minimum Gasteiger partial charge on any atom is -0.488 e. The van der Waals surface area contributed by atoms with Crippen LogP contribution in [0.1, 0.15) is 16.8 Å². The maximum atomic E-state index is 9.40. The van der Waals surface area contributed by atoms with Crippen LogP contribution in [0.3, 0.4) is 0 Å². The van der Waals surface area contributed by atoms with Crippen molar-refractivity contribution in [1.29, 1.82) is 5.26 Å². The lowest BCUT2D eigenvalue weighted by Gasteiger charge is -2.11. The summed E-state index contributed by atoms with van der Waals surface area (Å²) in [6.07, 6.45) is 1.56. The number of nitriles is 1. The molecule has 0 amide bonds. The molecule has 2 aromatic rings. The van der Waals surface area contributed by atoms with Crippen molar-refractivity contribution < 1.29 is 19.3 Å². The van der Waals surface area contributed by atoms with E-state index >= 15 is 0 Å². The summed E-state index contributed by atoms with van der Waals surface area (Å²) in [5.74, 6) is 1.72. The molecule has 0 saturated heterocycles. The molecule has 0 bridgehead atoms. The number of nitrogens with zero attached hydrogens (tertiary/aromatic N) is 2. The molecule has 0 radical (unpaired) electrons. The first-order chi connectivity index (χ1) is 10.3. The number of rotatable bonds is 4. The van der Waals surface area contributed by atoms with Gasteiger partial charge in [-0.2, -0.15) is 5.26 Å². The maximum absolute atomic E-state index is 9.40. The summed E-state index contributed by atoms with van der Waals surface area (Å²) < 4.78 is 16.3. The van der Waals surface area contributed by atoms with Gasteiger partial charge in [-0.25, -0.2) is 4.98 Å². The second kappa shape index (κ2) is 5.69. The van der Waals surface area contributed by atoms with E-state index in [0.717, 1.165) is 5.56 Å². The molecule has 0 fully saturated rings. The normalized spacial score (nSPS) is 12.0. The Kier molecular flexibility index (Phi) is 3.58. The zero-order valence-corrected chi connectivity index (χ0v) is 11.1. The second-order valence-corrected chi connectivity index (χ2v) is 4.42. The molecule has 0 aliphatic carbocycles. The highest BCUT2D eigenvalue weighted by Crippen LogP contribution is 2.38. The molecule has 3 rings (SSSR count). The quantitative estimate of drug-likeness (QED) is 0.920. The van der Waals surface area contributed by atoms with E-state index in [1.54, 1.807) is 30.5 Å². The summed E-state index contributed by atoms with van der Waals surface area (Å²) in [5, 5.41) is 18.2. The van der Waals surface area contributed by atoms with Crippen molar-refractivity contribution in [2.45, 2.75) is 13.2 Å². The molecule has 0 saturated carbocycles. The monoisotopic (exact) mass is 284 g/mol. The lowest BCUT2D eigenvalue weighted by molar-refractivity contribution is 0.173. The molecule has 106 valence electrons. The predicted octanol–water partition coefficient (Wildman–Crippen LogP) is 1.75. The number of aliphatic hydroxyl groups excluding tert-OH is 1. The van der Waals surface area contributed by atoms with E-state index in [4.69, 9.17) is 19.5 Å². The van der Waals surface area contributed by atoms with Crippen LogP contribution in [-0.2, 0) is 13.2 Å². The fraction of sp³-hybridized carbons (Fsp3) is 0.200. The van der Waals surface area contributed by atoms with Crippen molar-refractivity contribution in [1.82, 2.24) is 4.98 Å². The molecule has 2 heterocycles. The van der Waals surface area contributed by atoms with E-state index in [1.165, 1.54) is 0 Å². The van der Waals surface area contributed by atoms with Crippen molar-refractivity contribution >= 4 is 0 Å². The number of fused-ring (bicyclic) bond motifs is 1. The van der Waals surface area contributed by atoms with E-state index in [9.17, 15) is 5.11 Å². The molecule has 0 atom stereocenters. The van der Waals surface area contributed by atoms with Crippen molar-refractivity contribution in [3.05, 3.63) is 47.3 Å². The van der Waals surface area contributed by atoms with E-state index in [-0.39, 0.29) is 20.0 Å². The van der Waals surface area contributed by atoms with Crippen molar-refractivity contribution in [2.24, 2.45) is 0 Å². The molecule has 1 aromatic heterocycles. The van der Waals surface area contributed by atoms with Gasteiger partial charge in [0, 0.05) is 17.8 Å². The predicted molar refractivity (Wildman–Crippen MR) is 71.8 cm³/mol. The summed E-state index contributed by atoms with van der Waals surface area (Å²) >= 11 is 0. The molecular formula is C15H12N2O4. The average molecular weight is 284 g/mol. The molecule has 0 spiro atoms. The Hall–Kier alpha value is -2.78. The first-order valence-corrected chi connectivity index (χ1v) is 6.31. The van der Waals surface area contributed by atoms with Crippen LogP contribution >= 0.6 is 0 Å². The van der Waals surface area contributed by atoms with Crippen molar-refractivity contribution in [2.75, 3.05) is 6.79 Å². The standard InChI is InChI=1S/C15H12N2O4/c16-6-12-3-10(1-2-17-12)8-19-13-5-15-14(20-9-21-15)4-11(13)7-18/h1-5,18H,7-9H2. The largest absolute Gasteiger partial charge is 0.488 e. The summed E-state index contributed by atoms with van der Waals surface area (Å²) in [6, 6.07) is 8.80. The third-order valence-electron chi connectivity index (χ3n) is 3.06. The van der Waals surface area contributed by atoms with Crippen LogP contribution in [0.5, 0.6) is 17.2 Å². The van der Waals surface area contributed by atoms with Crippen LogP contribution in [0, 0.1) is 11.3 Å². The first-order valence-electron chi connectivity index (χ1n) is 6.31. The molecular weight excluding hydrogens is 272 g/mol. The molecule has 21 heavy (non-hydrogen) atoms. The Bertz CT molecular complexity index is 709. The van der Waals surface area contributed by atoms with Crippen LogP contribution in [-0.4, -0.2) is 16.9 Å². The van der Waals surface area contributed by atoms with Gasteiger partial charge in [-0.05, 0) is 23.8 Å². The fourth-order valence-electron chi connectivity index (χ4n) is 2.01. The highest BCUT2D eigenvalue weighted by molar-refractivity contribution is 5.51. The summed E-state index contributed by atoms with van der Waals surface area (Å²) in [7, 11) is 0. The number of aliphatic hydroxyl groups is 1. The summed E-state index contributed by atoms with van der Waals surface area (Å²) in [5.41, 5.74) is 1.78. The van der Waals surface area contributed by atoms with Crippen LogP contribution in [0.15, 0.2) is 30.5 Å². The lowest BCUT2D eigenvalue weighted by atomic mass is 10.2. The molecule has 6 nitrogen and oxygen atoms in total. The second-order valence-electron chi connectivity index (χ2n) is 4.42. The van der Waals surface area contributed by atoms with Gasteiger partial charge in [0.1, 0.15) is 24.1 Å². The van der Waals surface area contributed by atoms with E-state index < -0.39 is 0 Å². The van der Waals surface area contributed by atoms with Crippen LogP contribution in [0.2, 0.25) is 0 Å². The van der Waals surface area contributed by atoms with Crippen molar-refractivity contribution in [3.63, 3.8) is 0 Å². The van der Waals surface area contributed by atoms with Gasteiger partial charge >= 0.3 is 0 Å². The Morgan fingerprint density at radius 1 is 1.29 bits per heavy atom. The zero-order valence-electron chi connectivity index (χ0n) is 11.1. The van der Waals surface area contributed by atoms with E-state index in [2.05, 4.69) is 4.98 Å². The summed E-state index contributed by atoms with van der Waals surface area (Å²) in [4.78, 5) is 3.90. The Morgan fingerprint density at radius 2 is 2.10 bits per heavy atom. The molecule has 1 N–H and O–H groups in total. The van der Waals surface area contributed by atoms with Crippen LogP contribution in [0.25, 0.3) is 0 Å². The molecule has 6 heteroatoms. The van der Waals surface area contributed by atoms with Gasteiger partial charge in [-0.1, -0.05) is 0 Å². The first kappa shape index (κ1) is 13.2. The van der Waals surface area contributed by atoms with Gasteiger partial charge in [0.25, 0.3) is 0 Å². The minimum atomic E-state index is -0.161. The average Bonchev–Trinajstić information content (AvgIpc) is 2.99. The molecule has 0 unspecified atom stereocenters. The Morgan fingerprint density at radius 3 is 2.86 bits per heavy atom. The van der Waals surface area contributed by atoms with Gasteiger partial charge in [-0.15, -0.1) is 0 Å². The fourth-order valence-corrected chi connectivity index (χ4v) is 2.01. The smallest absolute Gasteiger partial charge is 0.231 e. The highest BCUT2D eigenvalue weighted by atomic mass is 16.7. The number of pyridine rings is 1. The maximum Gasteiger partial charge on any atom is 0.231 e. The topological polar surface area (TPSA) is 84.6 Å². The van der Waals surface area contributed by atoms with Gasteiger partial charge in [0.15, 0.2) is 11.5 Å². The Labute approximate surface area is 121 Å². The van der Waals surface area contributed by atoms with Gasteiger partial charge < -0.3 is 19.3 Å². The highest BCUT2D eigenvalue weighted by Gasteiger charge is 2.17. The Balaban J connectivity index is 1.80. The SMILES string of the molecule is N#Cc1cc(COc2cc3c(cc2CO)OCO3)ccn1. The van der Waals surface area contributed by atoms with Crippen LogP contribution in [0.4, 0.5) is 0 Å². The third-order valence-corrected chi connectivity index (χ3v) is 3.06. The summed E-state index contributed by atoms with van der Waals surface area (Å²) in [6.45, 7) is 0.273. The minimum absolute atomic E-state index is 0.161. The zero-order chi connectivity index (χ0) is 14.7. The van der Waals surface area contributed by atoms with Gasteiger partial charge in [0.2, 0.25) is 6.79 Å². The number of benzene rings is 1. The van der Waals surface area contributed by atoms with Crippen molar-refractivity contribution in [3.8, 4) is 23.3 Å². The molecule has 1 aliphatic rings. The third kappa shape index (κ3) is 2.73. The molecule has 1 aromatic carbocycles. The number of hydrogen-bond acceptors (Lipinski definition) is 6. The lowest BCUT2D eigenvalue weighted by Crippen LogP contribution is -2.00. The number of ether oxygens (including phenoxy) is 3. The van der Waals surface area contributed by atoms with Crippen LogP contribution < -0.4 is 14.2 Å². The molecule has 1 aliphatic heterocycles. The van der Waals surface area contributed by atoms with Gasteiger partial charge in [-0.3, -0.25) is 0 Å². The number of hydrogen-bond donors (Lipinski definition) is 1.